The smallest absolute Gasteiger partial charge is 0.316 e. The molecule has 0 saturated heterocycles. The molecule has 0 aliphatic heterocycles. The summed E-state index contributed by atoms with van der Waals surface area (Å²) in [6.07, 6.45) is 0.249. The molecule has 0 bridgehead atoms. The first kappa shape index (κ1) is 50.2. The Labute approximate surface area is 398 Å². The summed E-state index contributed by atoms with van der Waals surface area (Å²) in [5, 5.41) is 0. The number of ether oxygens (including phenoxy) is 4. The lowest BCUT2D eigenvalue weighted by molar-refractivity contribution is -0.903. The van der Waals surface area contributed by atoms with E-state index in [0.29, 0.717) is 39.8 Å². The van der Waals surface area contributed by atoms with Gasteiger partial charge in [-0.25, -0.2) is 8.42 Å². The van der Waals surface area contributed by atoms with Crippen molar-refractivity contribution in [2.45, 2.75) is 95.9 Å². The fraction of sp³-hybridized carbons (Fsp3) is 0.333. The van der Waals surface area contributed by atoms with Crippen molar-refractivity contribution in [3.8, 4) is 28.7 Å². The van der Waals surface area contributed by atoms with E-state index < -0.39 is 32.1 Å². The summed E-state index contributed by atoms with van der Waals surface area (Å²) in [6.45, 7) is 19.6. The predicted octanol–water partition coefficient (Wildman–Crippen LogP) is 12.9. The van der Waals surface area contributed by atoms with Crippen LogP contribution in [0, 0.1) is 10.8 Å². The maximum Gasteiger partial charge on any atom is 0.316 e. The van der Waals surface area contributed by atoms with Crippen LogP contribution in [0.5, 0.6) is 28.7 Å². The number of carbonyl (C=O) groups excluding carboxylic acids is 2. The van der Waals surface area contributed by atoms with Crippen molar-refractivity contribution >= 4 is 21.8 Å². The predicted molar refractivity (Wildman–Crippen MR) is 265 cm³/mol. The zero-order valence-corrected chi connectivity index (χ0v) is 41.7. The Kier molecular flexibility index (Phi) is 14.9. The monoisotopic (exact) mass is 924 g/mol. The highest BCUT2D eigenvalue weighted by atomic mass is 32.2. The summed E-state index contributed by atoms with van der Waals surface area (Å²) in [5.74, 6) is 1.96. The summed E-state index contributed by atoms with van der Waals surface area (Å²) in [7, 11) is 0.446. The second-order valence-corrected chi connectivity index (χ2v) is 22.8. The van der Waals surface area contributed by atoms with Crippen molar-refractivity contribution in [1.29, 1.82) is 0 Å². The largest absolute Gasteiger partial charge is 0.459 e. The molecule has 0 aromatic heterocycles. The number of nitrogens with zero attached hydrogens (tertiary/aromatic N) is 1. The average Bonchev–Trinajstić information content (AvgIpc) is 3.27. The van der Waals surface area contributed by atoms with Gasteiger partial charge in [-0.2, -0.15) is 0 Å². The molecule has 6 aromatic rings. The van der Waals surface area contributed by atoms with Gasteiger partial charge in [0, 0.05) is 11.0 Å². The molecular weight excluding hydrogens is 859 g/mol. The van der Waals surface area contributed by atoms with Crippen molar-refractivity contribution in [3.63, 3.8) is 0 Å². The fourth-order valence-corrected chi connectivity index (χ4v) is 9.34. The zero-order valence-electron chi connectivity index (χ0n) is 40.9. The maximum absolute atomic E-state index is 13.5. The Bertz CT molecular complexity index is 2720. The maximum atomic E-state index is 13.5. The van der Waals surface area contributed by atoms with E-state index in [1.807, 2.05) is 92.7 Å². The second kappa shape index (κ2) is 19.9. The Morgan fingerprint density at radius 2 is 0.881 bits per heavy atom. The van der Waals surface area contributed by atoms with Crippen LogP contribution in [-0.2, 0) is 41.5 Å². The summed E-state index contributed by atoms with van der Waals surface area (Å²) in [6, 6.07) is 46.1. The summed E-state index contributed by atoms with van der Waals surface area (Å²) >= 11 is 0. The van der Waals surface area contributed by atoms with Crippen LogP contribution in [0.25, 0.3) is 0 Å². The third-order valence-corrected chi connectivity index (χ3v) is 14.0. The van der Waals surface area contributed by atoms with Crippen molar-refractivity contribution in [2.24, 2.45) is 10.8 Å². The van der Waals surface area contributed by atoms with E-state index in [2.05, 4.69) is 60.8 Å². The minimum absolute atomic E-state index is 0.0327. The number of likely N-dealkylation sites (N-methyl/N-ethyl adjacent to an activating group) is 1. The number of esters is 2. The van der Waals surface area contributed by atoms with Crippen LogP contribution in [0.3, 0.4) is 0 Å². The number of hydrogen-bond donors (Lipinski definition) is 0. The summed E-state index contributed by atoms with van der Waals surface area (Å²) in [5.41, 5.74) is 2.23. The molecule has 0 saturated carbocycles. The van der Waals surface area contributed by atoms with Crippen LogP contribution < -0.4 is 14.2 Å². The number of hydrogen-bond acceptors (Lipinski definition) is 8. The molecule has 67 heavy (non-hydrogen) atoms. The standard InChI is InChI=1S/C57H66NO8S/c1-54(2,3)42-17-23-45(24-18-42)64-47-29-33-50(34-30-47)67(61,62)51-35-31-48(32-36-51)65-46-25-19-43(20-26-46)57(8,9)44-21-27-49(28-22-44)66-53(60)56(6,7)40-55(4,5)52(59)63-38-37-58(10,11)39-41-15-13-12-14-16-41/h12-36H,37-40H2,1-11H3/q+1. The molecule has 0 aliphatic carbocycles. The number of sulfone groups is 1. The molecule has 6 rings (SSSR count). The van der Waals surface area contributed by atoms with Gasteiger partial charge in [-0.15, -0.1) is 0 Å². The Morgan fingerprint density at radius 1 is 0.493 bits per heavy atom. The van der Waals surface area contributed by atoms with Crippen molar-refractivity contribution < 1.29 is 41.4 Å². The third-order valence-electron chi connectivity index (χ3n) is 12.2. The van der Waals surface area contributed by atoms with Crippen LogP contribution in [0.4, 0.5) is 0 Å². The lowest BCUT2D eigenvalue weighted by Gasteiger charge is -2.33. The molecule has 0 heterocycles. The summed E-state index contributed by atoms with van der Waals surface area (Å²) < 4.78 is 51.3. The molecule has 0 amide bonds. The Hall–Kier alpha value is -6.23. The van der Waals surface area contributed by atoms with Crippen molar-refractivity contribution in [3.05, 3.63) is 174 Å². The quantitative estimate of drug-likeness (QED) is 0.0477. The minimum Gasteiger partial charge on any atom is -0.459 e. The first-order chi connectivity index (χ1) is 31.3. The fourth-order valence-electron chi connectivity index (χ4n) is 8.08. The molecule has 0 N–H and O–H groups in total. The van der Waals surface area contributed by atoms with E-state index in [4.69, 9.17) is 18.9 Å². The van der Waals surface area contributed by atoms with Gasteiger partial charge in [-0.1, -0.05) is 101 Å². The van der Waals surface area contributed by atoms with E-state index in [1.54, 1.807) is 74.5 Å². The molecule has 0 spiro atoms. The molecule has 9 nitrogen and oxygen atoms in total. The lowest BCUT2D eigenvalue weighted by atomic mass is 9.75. The third kappa shape index (κ3) is 13.0. The first-order valence-corrected chi connectivity index (χ1v) is 24.2. The van der Waals surface area contributed by atoms with Crippen LogP contribution in [0.15, 0.2) is 161 Å². The summed E-state index contributed by atoms with van der Waals surface area (Å²) in [4.78, 5) is 27.1. The van der Waals surface area contributed by atoms with Crippen LogP contribution in [-0.4, -0.2) is 52.1 Å². The van der Waals surface area contributed by atoms with Crippen molar-refractivity contribution in [1.82, 2.24) is 0 Å². The van der Waals surface area contributed by atoms with Gasteiger partial charge in [0.1, 0.15) is 48.4 Å². The molecular formula is C57H66NO8S+. The van der Waals surface area contributed by atoms with Gasteiger partial charge in [0.15, 0.2) is 0 Å². The molecule has 0 unspecified atom stereocenters. The van der Waals surface area contributed by atoms with Gasteiger partial charge >= 0.3 is 11.9 Å². The SMILES string of the molecule is CC(C)(CC(C)(C)C(=O)Oc1ccc(C(C)(C)c2ccc(Oc3ccc(S(=O)(=O)c4ccc(Oc5ccc(C(C)(C)C)cc5)cc4)cc3)cc2)cc1)C(=O)OCC[N+](C)(C)Cc1ccccc1. The van der Waals surface area contributed by atoms with E-state index in [-0.39, 0.29) is 34.2 Å². The second-order valence-electron chi connectivity index (χ2n) is 20.9. The van der Waals surface area contributed by atoms with Gasteiger partial charge in [-0.05, 0) is 141 Å². The van der Waals surface area contributed by atoms with Gasteiger partial charge < -0.3 is 23.4 Å². The van der Waals surface area contributed by atoms with Crippen LogP contribution >= 0.6 is 0 Å². The lowest BCUT2D eigenvalue weighted by Crippen LogP contribution is -2.43. The number of quaternary nitrogens is 1. The molecule has 10 heteroatoms. The number of carbonyl (C=O) groups is 2. The van der Waals surface area contributed by atoms with Gasteiger partial charge in [0.25, 0.3) is 0 Å². The highest BCUT2D eigenvalue weighted by molar-refractivity contribution is 7.91. The topological polar surface area (TPSA) is 105 Å². The zero-order chi connectivity index (χ0) is 48.8. The minimum atomic E-state index is -3.78. The molecule has 6 aromatic carbocycles. The first-order valence-electron chi connectivity index (χ1n) is 22.7. The highest BCUT2D eigenvalue weighted by Gasteiger charge is 2.41. The number of rotatable bonds is 18. The Morgan fingerprint density at radius 3 is 1.31 bits per heavy atom. The van der Waals surface area contributed by atoms with E-state index in [1.165, 1.54) is 11.1 Å². The van der Waals surface area contributed by atoms with Gasteiger partial charge in [0.05, 0.1) is 34.7 Å². The highest BCUT2D eigenvalue weighted by Crippen LogP contribution is 2.38. The van der Waals surface area contributed by atoms with Gasteiger partial charge in [0.2, 0.25) is 9.84 Å². The van der Waals surface area contributed by atoms with Gasteiger partial charge in [-0.3, -0.25) is 9.59 Å². The number of benzene rings is 6. The molecule has 352 valence electrons. The Balaban J connectivity index is 0.993. The molecule has 0 fully saturated rings. The van der Waals surface area contributed by atoms with E-state index in [0.717, 1.165) is 17.7 Å². The van der Waals surface area contributed by atoms with Crippen LogP contribution in [0.2, 0.25) is 0 Å². The molecule has 0 aliphatic rings. The normalized spacial score (nSPS) is 12.6. The van der Waals surface area contributed by atoms with E-state index in [9.17, 15) is 18.0 Å². The molecule has 0 atom stereocenters. The van der Waals surface area contributed by atoms with Crippen molar-refractivity contribution in [2.75, 3.05) is 27.2 Å². The average molecular weight is 925 g/mol. The van der Waals surface area contributed by atoms with E-state index >= 15 is 0 Å². The van der Waals surface area contributed by atoms with Crippen LogP contribution in [0.1, 0.15) is 91.0 Å². The molecule has 0 radical (unpaired) electrons.